The van der Waals surface area contributed by atoms with Gasteiger partial charge in [0.1, 0.15) is 0 Å². The number of carboxylic acid groups (broad SMARTS) is 1. The van der Waals surface area contributed by atoms with Gasteiger partial charge in [0.25, 0.3) is 5.91 Å². The van der Waals surface area contributed by atoms with E-state index in [9.17, 15) is 9.59 Å². The van der Waals surface area contributed by atoms with Gasteiger partial charge in [-0.15, -0.1) is 5.10 Å². The average molecular weight is 275 g/mol. The third-order valence-electron chi connectivity index (χ3n) is 2.18. The topological polar surface area (TPSA) is 92.2 Å². The third kappa shape index (κ3) is 3.71. The Labute approximate surface area is 112 Å². The lowest BCUT2D eigenvalue weighted by atomic mass is 10.2. The molecular weight excluding hydrogens is 266 g/mol. The van der Waals surface area contributed by atoms with E-state index in [1.54, 1.807) is 29.6 Å². The summed E-state index contributed by atoms with van der Waals surface area (Å²) in [6, 6.07) is 6.77. The number of nitrogens with one attached hydrogen (secondary N) is 1. The van der Waals surface area contributed by atoms with Gasteiger partial charge in [0.15, 0.2) is 5.69 Å². The summed E-state index contributed by atoms with van der Waals surface area (Å²) in [5, 5.41) is 16.4. The molecule has 0 radical (unpaired) electrons. The third-order valence-corrected chi connectivity index (χ3v) is 2.68. The Morgan fingerprint density at radius 2 is 2.00 bits per heavy atom. The van der Waals surface area contributed by atoms with Crippen LogP contribution in [0.5, 0.6) is 0 Å². The summed E-state index contributed by atoms with van der Waals surface area (Å²) in [6.45, 7) is 0. The standard InChI is InChI=1S/C12H9N3O3S/c16-11(17)6-3-8-1-4-9(5-2-8)13-12(18)10-7-19-15-14-10/h1-7H,(H,13,18)(H,16,17). The zero-order valence-electron chi connectivity index (χ0n) is 9.61. The molecule has 1 aromatic heterocycles. The lowest BCUT2D eigenvalue weighted by Crippen LogP contribution is -2.12. The molecule has 0 aliphatic heterocycles. The molecule has 0 spiro atoms. The molecule has 1 amide bonds. The molecule has 96 valence electrons. The van der Waals surface area contributed by atoms with Crippen LogP contribution >= 0.6 is 11.5 Å². The number of anilines is 1. The first-order valence-corrected chi connectivity index (χ1v) is 6.08. The van der Waals surface area contributed by atoms with Crippen LogP contribution < -0.4 is 5.32 Å². The van der Waals surface area contributed by atoms with Crippen molar-refractivity contribution in [2.24, 2.45) is 0 Å². The van der Waals surface area contributed by atoms with Gasteiger partial charge in [-0.05, 0) is 35.3 Å². The number of hydrogen-bond donors (Lipinski definition) is 2. The highest BCUT2D eigenvalue weighted by Gasteiger charge is 2.08. The summed E-state index contributed by atoms with van der Waals surface area (Å²) < 4.78 is 3.61. The predicted molar refractivity (Wildman–Crippen MR) is 71.0 cm³/mol. The lowest BCUT2D eigenvalue weighted by molar-refractivity contribution is -0.131. The van der Waals surface area contributed by atoms with E-state index in [1.165, 1.54) is 6.08 Å². The fourth-order valence-corrected chi connectivity index (χ4v) is 1.74. The lowest BCUT2D eigenvalue weighted by Gasteiger charge is -2.02. The minimum absolute atomic E-state index is 0.264. The number of aromatic nitrogens is 2. The molecule has 19 heavy (non-hydrogen) atoms. The normalized spacial score (nSPS) is 10.5. The summed E-state index contributed by atoms with van der Waals surface area (Å²) in [7, 11) is 0. The zero-order valence-corrected chi connectivity index (χ0v) is 10.4. The van der Waals surface area contributed by atoms with Crippen molar-refractivity contribution in [2.45, 2.75) is 0 Å². The van der Waals surface area contributed by atoms with Gasteiger partial charge in [0.05, 0.1) is 0 Å². The Kier molecular flexibility index (Phi) is 3.99. The van der Waals surface area contributed by atoms with Crippen molar-refractivity contribution < 1.29 is 14.7 Å². The highest BCUT2D eigenvalue weighted by molar-refractivity contribution is 7.03. The summed E-state index contributed by atoms with van der Waals surface area (Å²) in [4.78, 5) is 22.0. The molecule has 0 bridgehead atoms. The van der Waals surface area contributed by atoms with Crippen LogP contribution in [0.1, 0.15) is 16.1 Å². The van der Waals surface area contributed by atoms with Gasteiger partial charge in [-0.25, -0.2) is 4.79 Å². The van der Waals surface area contributed by atoms with Crippen molar-refractivity contribution in [1.82, 2.24) is 9.59 Å². The molecule has 0 saturated heterocycles. The van der Waals surface area contributed by atoms with Crippen molar-refractivity contribution in [3.8, 4) is 0 Å². The van der Waals surface area contributed by atoms with Gasteiger partial charge >= 0.3 is 5.97 Å². The van der Waals surface area contributed by atoms with Crippen LogP contribution in [-0.2, 0) is 4.79 Å². The van der Waals surface area contributed by atoms with E-state index >= 15 is 0 Å². The average Bonchev–Trinajstić information content (AvgIpc) is 2.92. The molecule has 7 heteroatoms. The molecule has 0 unspecified atom stereocenters. The molecule has 0 aliphatic rings. The van der Waals surface area contributed by atoms with Crippen LogP contribution in [0.4, 0.5) is 5.69 Å². The van der Waals surface area contributed by atoms with Crippen LogP contribution in [0, 0.1) is 0 Å². The van der Waals surface area contributed by atoms with E-state index in [0.717, 1.165) is 23.2 Å². The summed E-state index contributed by atoms with van der Waals surface area (Å²) in [6.07, 6.45) is 2.52. The summed E-state index contributed by atoms with van der Waals surface area (Å²) >= 11 is 1.10. The molecular formula is C12H9N3O3S. The Morgan fingerprint density at radius 1 is 1.26 bits per heavy atom. The molecule has 0 aliphatic carbocycles. The Balaban J connectivity index is 2.03. The van der Waals surface area contributed by atoms with Crippen molar-refractivity contribution >= 4 is 35.2 Å². The SMILES string of the molecule is O=C(O)C=Cc1ccc(NC(=O)c2csnn2)cc1. The molecule has 0 saturated carbocycles. The van der Waals surface area contributed by atoms with E-state index < -0.39 is 5.97 Å². The number of aliphatic carboxylic acids is 1. The molecule has 2 rings (SSSR count). The second kappa shape index (κ2) is 5.87. The smallest absolute Gasteiger partial charge is 0.328 e. The maximum absolute atomic E-state index is 11.7. The van der Waals surface area contributed by atoms with Gasteiger partial charge in [-0.1, -0.05) is 16.6 Å². The monoisotopic (exact) mass is 275 g/mol. The largest absolute Gasteiger partial charge is 0.478 e. The van der Waals surface area contributed by atoms with Crippen LogP contribution in [0.25, 0.3) is 6.08 Å². The van der Waals surface area contributed by atoms with Crippen molar-refractivity contribution in [3.63, 3.8) is 0 Å². The molecule has 0 atom stereocenters. The maximum atomic E-state index is 11.7. The zero-order chi connectivity index (χ0) is 13.7. The maximum Gasteiger partial charge on any atom is 0.328 e. The van der Waals surface area contributed by atoms with E-state index in [2.05, 4.69) is 14.9 Å². The summed E-state index contributed by atoms with van der Waals surface area (Å²) in [5.74, 6) is -1.34. The minimum atomic E-state index is -1.01. The molecule has 2 aromatic rings. The molecule has 2 N–H and O–H groups in total. The number of benzene rings is 1. The van der Waals surface area contributed by atoms with Crippen molar-refractivity contribution in [1.29, 1.82) is 0 Å². The minimum Gasteiger partial charge on any atom is -0.478 e. The van der Waals surface area contributed by atoms with E-state index in [0.29, 0.717) is 5.69 Å². The van der Waals surface area contributed by atoms with E-state index in [4.69, 9.17) is 5.11 Å². The molecule has 6 nitrogen and oxygen atoms in total. The fraction of sp³-hybridized carbons (Fsp3) is 0. The highest BCUT2D eigenvalue weighted by atomic mass is 32.1. The fourth-order valence-electron chi connectivity index (χ4n) is 1.30. The first-order chi connectivity index (χ1) is 9.15. The van der Waals surface area contributed by atoms with E-state index in [1.807, 2.05) is 0 Å². The highest BCUT2D eigenvalue weighted by Crippen LogP contribution is 2.12. The van der Waals surface area contributed by atoms with Crippen LogP contribution in [-0.4, -0.2) is 26.6 Å². The number of carbonyl (C=O) groups excluding carboxylic acids is 1. The Bertz CT molecular complexity index is 606. The van der Waals surface area contributed by atoms with Gasteiger partial charge in [-0.3, -0.25) is 4.79 Å². The van der Waals surface area contributed by atoms with Gasteiger partial charge in [0.2, 0.25) is 0 Å². The first kappa shape index (κ1) is 12.9. The predicted octanol–water partition coefficient (Wildman–Crippen LogP) is 1.89. The van der Waals surface area contributed by atoms with Crippen LogP contribution in [0.2, 0.25) is 0 Å². The first-order valence-electron chi connectivity index (χ1n) is 5.24. The quantitative estimate of drug-likeness (QED) is 0.831. The van der Waals surface area contributed by atoms with Gasteiger partial charge < -0.3 is 10.4 Å². The number of hydrogen-bond acceptors (Lipinski definition) is 5. The number of amides is 1. The van der Waals surface area contributed by atoms with Crippen LogP contribution in [0.15, 0.2) is 35.7 Å². The summed E-state index contributed by atoms with van der Waals surface area (Å²) in [5.41, 5.74) is 1.60. The number of nitrogens with zero attached hydrogens (tertiary/aromatic N) is 2. The number of carbonyl (C=O) groups is 2. The number of rotatable bonds is 4. The molecule has 0 fully saturated rings. The van der Waals surface area contributed by atoms with Crippen LogP contribution in [0.3, 0.4) is 0 Å². The number of carboxylic acids is 1. The Hall–Kier alpha value is -2.54. The van der Waals surface area contributed by atoms with E-state index in [-0.39, 0.29) is 11.6 Å². The molecule has 1 aromatic carbocycles. The van der Waals surface area contributed by atoms with Gasteiger partial charge in [0, 0.05) is 17.1 Å². The second-order valence-electron chi connectivity index (χ2n) is 3.54. The molecule has 1 heterocycles. The Morgan fingerprint density at radius 3 is 2.58 bits per heavy atom. The van der Waals surface area contributed by atoms with Crippen molar-refractivity contribution in [3.05, 3.63) is 47.0 Å². The van der Waals surface area contributed by atoms with Crippen molar-refractivity contribution in [2.75, 3.05) is 5.32 Å². The second-order valence-corrected chi connectivity index (χ2v) is 4.15. The van der Waals surface area contributed by atoms with Gasteiger partial charge in [-0.2, -0.15) is 0 Å².